The second-order valence-corrected chi connectivity index (χ2v) is 7.14. The minimum absolute atomic E-state index is 0.543. The van der Waals surface area contributed by atoms with E-state index >= 15 is 0 Å². The zero-order chi connectivity index (χ0) is 14.9. The fourth-order valence-electron chi connectivity index (χ4n) is 3.74. The highest BCUT2D eigenvalue weighted by molar-refractivity contribution is 5.45. The molecule has 1 saturated carbocycles. The molecule has 2 heterocycles. The number of aromatic nitrogens is 1. The van der Waals surface area contributed by atoms with Crippen molar-refractivity contribution in [1.82, 2.24) is 9.88 Å². The van der Waals surface area contributed by atoms with Gasteiger partial charge in [-0.1, -0.05) is 13.8 Å². The van der Waals surface area contributed by atoms with Crippen LogP contribution in [0.5, 0.6) is 5.88 Å². The lowest BCUT2D eigenvalue weighted by Crippen LogP contribution is -2.50. The number of methoxy groups -OCH3 is 1. The third-order valence-electron chi connectivity index (χ3n) is 5.07. The number of hydrogen-bond acceptors (Lipinski definition) is 4. The summed E-state index contributed by atoms with van der Waals surface area (Å²) in [6, 6.07) is 4.86. The van der Waals surface area contributed by atoms with E-state index in [4.69, 9.17) is 4.74 Å². The van der Waals surface area contributed by atoms with Crippen molar-refractivity contribution in [2.24, 2.45) is 5.41 Å². The van der Waals surface area contributed by atoms with E-state index in [2.05, 4.69) is 34.7 Å². The third kappa shape index (κ3) is 3.31. The minimum atomic E-state index is 0.543. The fourth-order valence-corrected chi connectivity index (χ4v) is 3.74. The number of piperazine rings is 1. The first-order chi connectivity index (χ1) is 10.1. The highest BCUT2D eigenvalue weighted by Crippen LogP contribution is 2.39. The summed E-state index contributed by atoms with van der Waals surface area (Å²) in [4.78, 5) is 9.44. The van der Waals surface area contributed by atoms with Crippen molar-refractivity contribution >= 4 is 5.69 Å². The van der Waals surface area contributed by atoms with E-state index in [-0.39, 0.29) is 0 Å². The molecule has 1 unspecified atom stereocenters. The van der Waals surface area contributed by atoms with Gasteiger partial charge in [-0.3, -0.25) is 4.90 Å². The van der Waals surface area contributed by atoms with Crippen LogP contribution >= 0.6 is 0 Å². The molecule has 2 fully saturated rings. The molecule has 1 aliphatic heterocycles. The molecular weight excluding hydrogens is 262 g/mol. The van der Waals surface area contributed by atoms with Crippen LogP contribution in [0.1, 0.15) is 33.1 Å². The van der Waals surface area contributed by atoms with Crippen molar-refractivity contribution in [2.45, 2.75) is 39.2 Å². The molecule has 1 saturated heterocycles. The highest BCUT2D eigenvalue weighted by Gasteiger charge is 2.35. The summed E-state index contributed by atoms with van der Waals surface area (Å²) in [5, 5.41) is 0. The molecule has 0 spiro atoms. The summed E-state index contributed by atoms with van der Waals surface area (Å²) in [6.45, 7) is 9.37. The second kappa shape index (κ2) is 5.84. The number of pyridine rings is 1. The molecule has 1 atom stereocenters. The quantitative estimate of drug-likeness (QED) is 0.855. The van der Waals surface area contributed by atoms with E-state index in [9.17, 15) is 0 Å². The van der Waals surface area contributed by atoms with Gasteiger partial charge in [-0.05, 0) is 30.7 Å². The molecule has 0 N–H and O–H groups in total. The SMILES string of the molecule is COc1ccc(N2CCN(C3CCC(C)(C)C3)CC2)cn1. The van der Waals surface area contributed by atoms with Crippen molar-refractivity contribution < 1.29 is 4.74 Å². The van der Waals surface area contributed by atoms with Crippen molar-refractivity contribution in [2.75, 3.05) is 38.2 Å². The van der Waals surface area contributed by atoms with Gasteiger partial charge in [0.15, 0.2) is 0 Å². The first-order valence-corrected chi connectivity index (χ1v) is 8.06. The lowest BCUT2D eigenvalue weighted by atomic mass is 9.91. The number of rotatable bonds is 3. The number of ether oxygens (including phenoxy) is 1. The van der Waals surface area contributed by atoms with Crippen molar-refractivity contribution in [1.29, 1.82) is 0 Å². The topological polar surface area (TPSA) is 28.6 Å². The fraction of sp³-hybridized carbons (Fsp3) is 0.706. The van der Waals surface area contributed by atoms with Crippen LogP contribution in [-0.4, -0.2) is 49.2 Å². The molecule has 1 aliphatic carbocycles. The average Bonchev–Trinajstić information content (AvgIpc) is 2.88. The second-order valence-electron chi connectivity index (χ2n) is 7.14. The Bertz CT molecular complexity index is 463. The van der Waals surface area contributed by atoms with E-state index in [1.54, 1.807) is 7.11 Å². The standard InChI is InChI=1S/C17H27N3O/c1-17(2)7-6-14(12-17)19-8-10-20(11-9-19)15-4-5-16(21-3)18-13-15/h4-5,13-14H,6-12H2,1-3H3. The van der Waals surface area contributed by atoms with Crippen LogP contribution in [0.3, 0.4) is 0 Å². The Labute approximate surface area is 128 Å². The van der Waals surface area contributed by atoms with Gasteiger partial charge in [0, 0.05) is 38.3 Å². The largest absolute Gasteiger partial charge is 0.481 e. The molecule has 21 heavy (non-hydrogen) atoms. The van der Waals surface area contributed by atoms with Gasteiger partial charge in [-0.15, -0.1) is 0 Å². The molecule has 0 bridgehead atoms. The van der Waals surface area contributed by atoms with Crippen LogP contribution in [-0.2, 0) is 0 Å². The van der Waals surface area contributed by atoms with Gasteiger partial charge in [0.05, 0.1) is 19.0 Å². The van der Waals surface area contributed by atoms with Crippen LogP contribution in [0.25, 0.3) is 0 Å². The van der Waals surface area contributed by atoms with Crippen LogP contribution in [0, 0.1) is 5.41 Å². The summed E-state index contributed by atoms with van der Waals surface area (Å²) < 4.78 is 5.12. The Morgan fingerprint density at radius 1 is 1.19 bits per heavy atom. The Hall–Kier alpha value is -1.29. The summed E-state index contributed by atoms with van der Waals surface area (Å²) in [7, 11) is 1.66. The van der Waals surface area contributed by atoms with Crippen molar-refractivity contribution in [3.05, 3.63) is 18.3 Å². The van der Waals surface area contributed by atoms with Gasteiger partial charge >= 0.3 is 0 Å². The van der Waals surface area contributed by atoms with Gasteiger partial charge in [-0.2, -0.15) is 0 Å². The summed E-state index contributed by atoms with van der Waals surface area (Å²) in [6.07, 6.45) is 6.03. The molecule has 4 heteroatoms. The molecule has 0 aromatic carbocycles. The van der Waals surface area contributed by atoms with E-state index < -0.39 is 0 Å². The van der Waals surface area contributed by atoms with Gasteiger partial charge < -0.3 is 9.64 Å². The van der Waals surface area contributed by atoms with Gasteiger partial charge in [0.1, 0.15) is 0 Å². The molecule has 3 rings (SSSR count). The maximum Gasteiger partial charge on any atom is 0.213 e. The highest BCUT2D eigenvalue weighted by atomic mass is 16.5. The molecular formula is C17H27N3O. The van der Waals surface area contributed by atoms with E-state index in [0.717, 1.165) is 19.1 Å². The summed E-state index contributed by atoms with van der Waals surface area (Å²) in [5.74, 6) is 0.686. The van der Waals surface area contributed by atoms with Crippen LogP contribution in [0.2, 0.25) is 0 Å². The van der Waals surface area contributed by atoms with Gasteiger partial charge in [0.2, 0.25) is 5.88 Å². The van der Waals surface area contributed by atoms with Crippen LogP contribution in [0.15, 0.2) is 18.3 Å². The maximum atomic E-state index is 5.12. The van der Waals surface area contributed by atoms with E-state index in [0.29, 0.717) is 11.3 Å². The molecule has 2 aliphatic rings. The predicted octanol–water partition coefficient (Wildman–Crippen LogP) is 2.79. The van der Waals surface area contributed by atoms with Crippen molar-refractivity contribution in [3.8, 4) is 5.88 Å². The minimum Gasteiger partial charge on any atom is -0.481 e. The van der Waals surface area contributed by atoms with Crippen LogP contribution in [0.4, 0.5) is 5.69 Å². The first kappa shape index (κ1) is 14.6. The Morgan fingerprint density at radius 2 is 1.95 bits per heavy atom. The zero-order valence-corrected chi connectivity index (χ0v) is 13.5. The zero-order valence-electron chi connectivity index (χ0n) is 13.5. The Morgan fingerprint density at radius 3 is 2.48 bits per heavy atom. The summed E-state index contributed by atoms with van der Waals surface area (Å²) in [5.41, 5.74) is 1.75. The number of hydrogen-bond donors (Lipinski definition) is 0. The van der Waals surface area contributed by atoms with Gasteiger partial charge in [-0.25, -0.2) is 4.98 Å². The molecule has 1 aromatic heterocycles. The lowest BCUT2D eigenvalue weighted by Gasteiger charge is -2.39. The Balaban J connectivity index is 1.55. The third-order valence-corrected chi connectivity index (χ3v) is 5.07. The monoisotopic (exact) mass is 289 g/mol. The smallest absolute Gasteiger partial charge is 0.213 e. The molecule has 0 amide bonds. The van der Waals surface area contributed by atoms with E-state index in [1.807, 2.05) is 12.3 Å². The maximum absolute atomic E-state index is 5.12. The van der Waals surface area contributed by atoms with Gasteiger partial charge in [0.25, 0.3) is 0 Å². The number of nitrogens with zero attached hydrogens (tertiary/aromatic N) is 3. The van der Waals surface area contributed by atoms with Crippen molar-refractivity contribution in [3.63, 3.8) is 0 Å². The lowest BCUT2D eigenvalue weighted by molar-refractivity contribution is 0.176. The van der Waals surface area contributed by atoms with Crippen LogP contribution < -0.4 is 9.64 Å². The summed E-state index contributed by atoms with van der Waals surface area (Å²) >= 11 is 0. The normalized spacial score (nSPS) is 26.0. The predicted molar refractivity (Wildman–Crippen MR) is 86.0 cm³/mol. The molecule has 4 nitrogen and oxygen atoms in total. The molecule has 0 radical (unpaired) electrons. The molecule has 116 valence electrons. The average molecular weight is 289 g/mol. The first-order valence-electron chi connectivity index (χ1n) is 8.06. The molecule has 1 aromatic rings. The van der Waals surface area contributed by atoms with E-state index in [1.165, 1.54) is 38.0 Å². The Kier molecular flexibility index (Phi) is 4.07. The number of anilines is 1.